The summed E-state index contributed by atoms with van der Waals surface area (Å²) in [7, 11) is 0. The van der Waals surface area contributed by atoms with Gasteiger partial charge in [0.15, 0.2) is 0 Å². The van der Waals surface area contributed by atoms with Gasteiger partial charge in [0, 0.05) is 19.0 Å². The molecule has 1 heterocycles. The zero-order chi connectivity index (χ0) is 19.1. The zero-order valence-electron chi connectivity index (χ0n) is 16.1. The van der Waals surface area contributed by atoms with E-state index in [1.807, 2.05) is 4.90 Å². The Morgan fingerprint density at radius 3 is 2.36 bits per heavy atom. The average molecular weight is 377 g/mol. The van der Waals surface area contributed by atoms with Gasteiger partial charge in [0.05, 0.1) is 6.10 Å². The quantitative estimate of drug-likeness (QED) is 0.843. The number of hydrogen-bond donors (Lipinski definition) is 1. The lowest BCUT2D eigenvalue weighted by atomic mass is 9.74. The maximum Gasteiger partial charge on any atom is 0.409 e. The molecule has 2 aromatic rings. The van der Waals surface area contributed by atoms with Crippen LogP contribution in [-0.4, -0.2) is 41.9 Å². The average Bonchev–Trinajstić information content (AvgIpc) is 3.05. The maximum absolute atomic E-state index is 12.8. The molecule has 1 aliphatic heterocycles. The summed E-state index contributed by atoms with van der Waals surface area (Å²) in [5.74, 6) is 1.17. The van der Waals surface area contributed by atoms with Crippen LogP contribution in [0.4, 0.5) is 4.79 Å². The SMILES string of the molecule is O=C(OCC1c2ccccc2-c2ccccc21)N1CCC2CCC(O)CC2C1. The third-order valence-electron chi connectivity index (χ3n) is 6.93. The van der Waals surface area contributed by atoms with Crippen molar-refractivity contribution < 1.29 is 14.6 Å². The van der Waals surface area contributed by atoms with E-state index in [0.717, 1.165) is 38.8 Å². The molecule has 146 valence electrons. The summed E-state index contributed by atoms with van der Waals surface area (Å²) in [4.78, 5) is 14.6. The summed E-state index contributed by atoms with van der Waals surface area (Å²) in [6.45, 7) is 1.87. The molecular weight excluding hydrogens is 350 g/mol. The van der Waals surface area contributed by atoms with Crippen LogP contribution in [0.5, 0.6) is 0 Å². The van der Waals surface area contributed by atoms with E-state index in [4.69, 9.17) is 4.74 Å². The third kappa shape index (κ3) is 3.10. The monoisotopic (exact) mass is 377 g/mol. The number of hydrogen-bond acceptors (Lipinski definition) is 3. The van der Waals surface area contributed by atoms with Gasteiger partial charge in [-0.2, -0.15) is 0 Å². The van der Waals surface area contributed by atoms with Crippen molar-refractivity contribution in [3.05, 3.63) is 59.7 Å². The second-order valence-corrected chi connectivity index (χ2v) is 8.53. The molecule has 1 amide bonds. The van der Waals surface area contributed by atoms with Crippen LogP contribution in [0.1, 0.15) is 42.7 Å². The second-order valence-electron chi connectivity index (χ2n) is 8.53. The van der Waals surface area contributed by atoms with Gasteiger partial charge in [-0.15, -0.1) is 0 Å². The van der Waals surface area contributed by atoms with Crippen LogP contribution in [0.15, 0.2) is 48.5 Å². The molecule has 2 aromatic carbocycles. The largest absolute Gasteiger partial charge is 0.448 e. The molecule has 3 atom stereocenters. The molecule has 5 rings (SSSR count). The number of rotatable bonds is 2. The van der Waals surface area contributed by atoms with Crippen molar-refractivity contribution >= 4 is 6.09 Å². The number of fused-ring (bicyclic) bond motifs is 4. The number of aliphatic hydroxyl groups excluding tert-OH is 1. The van der Waals surface area contributed by atoms with Gasteiger partial charge in [-0.1, -0.05) is 48.5 Å². The second kappa shape index (κ2) is 7.25. The van der Waals surface area contributed by atoms with Gasteiger partial charge in [-0.05, 0) is 59.8 Å². The molecule has 0 radical (unpaired) electrons. The number of nitrogens with zero attached hydrogens (tertiary/aromatic N) is 1. The van der Waals surface area contributed by atoms with Crippen molar-refractivity contribution in [1.82, 2.24) is 4.90 Å². The summed E-state index contributed by atoms with van der Waals surface area (Å²) in [5, 5.41) is 9.97. The lowest BCUT2D eigenvalue weighted by Gasteiger charge is -2.42. The highest BCUT2D eigenvalue weighted by molar-refractivity contribution is 5.79. The molecule has 4 nitrogen and oxygen atoms in total. The molecule has 0 spiro atoms. The van der Waals surface area contributed by atoms with Gasteiger partial charge in [0.2, 0.25) is 0 Å². The molecule has 1 saturated carbocycles. The highest BCUT2D eigenvalue weighted by atomic mass is 16.6. The Hall–Kier alpha value is -2.33. The Morgan fingerprint density at radius 2 is 1.64 bits per heavy atom. The van der Waals surface area contributed by atoms with E-state index in [9.17, 15) is 9.90 Å². The van der Waals surface area contributed by atoms with Crippen LogP contribution in [0.3, 0.4) is 0 Å². The fourth-order valence-corrected chi connectivity index (χ4v) is 5.45. The first-order valence-corrected chi connectivity index (χ1v) is 10.5. The molecule has 3 unspecified atom stereocenters. The molecule has 3 aliphatic rings. The van der Waals surface area contributed by atoms with Crippen LogP contribution in [0.25, 0.3) is 11.1 Å². The number of aliphatic hydroxyl groups is 1. The van der Waals surface area contributed by atoms with E-state index < -0.39 is 0 Å². The molecule has 1 N–H and O–H groups in total. The van der Waals surface area contributed by atoms with Crippen molar-refractivity contribution in [2.75, 3.05) is 19.7 Å². The normalized spacial score (nSPS) is 26.3. The van der Waals surface area contributed by atoms with Gasteiger partial charge in [-0.25, -0.2) is 4.79 Å². The van der Waals surface area contributed by atoms with E-state index in [-0.39, 0.29) is 18.1 Å². The number of carbonyl (C=O) groups is 1. The number of piperidine rings is 1. The zero-order valence-corrected chi connectivity index (χ0v) is 16.1. The lowest BCUT2D eigenvalue weighted by molar-refractivity contribution is 0.0145. The molecule has 4 heteroatoms. The number of likely N-dealkylation sites (tertiary alicyclic amines) is 1. The fourth-order valence-electron chi connectivity index (χ4n) is 5.45. The molecule has 2 fully saturated rings. The summed E-state index contributed by atoms with van der Waals surface area (Å²) in [6.07, 6.45) is 3.43. The number of amides is 1. The summed E-state index contributed by atoms with van der Waals surface area (Å²) in [5.41, 5.74) is 4.98. The van der Waals surface area contributed by atoms with Crippen LogP contribution in [0, 0.1) is 11.8 Å². The minimum atomic E-state index is -0.208. The Balaban J connectivity index is 1.27. The summed E-state index contributed by atoms with van der Waals surface area (Å²) >= 11 is 0. The van der Waals surface area contributed by atoms with Crippen LogP contribution in [-0.2, 0) is 4.74 Å². The number of carbonyl (C=O) groups excluding carboxylic acids is 1. The Labute approximate surface area is 166 Å². The predicted molar refractivity (Wildman–Crippen MR) is 108 cm³/mol. The molecule has 0 bridgehead atoms. The predicted octanol–water partition coefficient (Wildman–Crippen LogP) is 4.42. The van der Waals surface area contributed by atoms with E-state index in [0.29, 0.717) is 18.4 Å². The van der Waals surface area contributed by atoms with E-state index in [1.54, 1.807) is 0 Å². The first-order valence-electron chi connectivity index (χ1n) is 10.5. The first kappa shape index (κ1) is 17.7. The molecule has 28 heavy (non-hydrogen) atoms. The van der Waals surface area contributed by atoms with E-state index in [2.05, 4.69) is 48.5 Å². The summed E-state index contributed by atoms with van der Waals surface area (Å²) in [6, 6.07) is 16.8. The minimum Gasteiger partial charge on any atom is -0.448 e. The molecular formula is C24H27NO3. The molecule has 0 aromatic heterocycles. The highest BCUT2D eigenvalue weighted by Gasteiger charge is 2.37. The highest BCUT2D eigenvalue weighted by Crippen LogP contribution is 2.44. The van der Waals surface area contributed by atoms with Crippen molar-refractivity contribution in [3.8, 4) is 11.1 Å². The van der Waals surface area contributed by atoms with Crippen LogP contribution in [0.2, 0.25) is 0 Å². The molecule has 2 aliphatic carbocycles. The van der Waals surface area contributed by atoms with Crippen molar-refractivity contribution in [1.29, 1.82) is 0 Å². The van der Waals surface area contributed by atoms with Crippen molar-refractivity contribution in [3.63, 3.8) is 0 Å². The Morgan fingerprint density at radius 1 is 0.964 bits per heavy atom. The van der Waals surface area contributed by atoms with Gasteiger partial charge in [0.25, 0.3) is 0 Å². The number of ether oxygens (including phenoxy) is 1. The van der Waals surface area contributed by atoms with Gasteiger partial charge in [-0.3, -0.25) is 0 Å². The molecule has 1 saturated heterocycles. The van der Waals surface area contributed by atoms with Crippen LogP contribution < -0.4 is 0 Å². The van der Waals surface area contributed by atoms with Crippen molar-refractivity contribution in [2.24, 2.45) is 11.8 Å². The first-order chi connectivity index (χ1) is 13.7. The van der Waals surface area contributed by atoms with Gasteiger partial charge in [0.1, 0.15) is 6.61 Å². The third-order valence-corrected chi connectivity index (χ3v) is 6.93. The van der Waals surface area contributed by atoms with Gasteiger partial charge >= 0.3 is 6.09 Å². The van der Waals surface area contributed by atoms with E-state index in [1.165, 1.54) is 22.3 Å². The maximum atomic E-state index is 12.8. The van der Waals surface area contributed by atoms with E-state index >= 15 is 0 Å². The van der Waals surface area contributed by atoms with Crippen LogP contribution >= 0.6 is 0 Å². The standard InChI is InChI=1S/C24H27NO3/c26-18-10-9-16-11-12-25(14-17(16)13-18)24(27)28-15-23-21-7-3-1-5-19(21)20-6-2-4-8-22(20)23/h1-8,16-18,23,26H,9-15H2. The summed E-state index contributed by atoms with van der Waals surface area (Å²) < 4.78 is 5.81. The fraction of sp³-hybridized carbons (Fsp3) is 0.458. The Bertz CT molecular complexity index is 834. The number of benzene rings is 2. The smallest absolute Gasteiger partial charge is 0.409 e. The minimum absolute atomic E-state index is 0.102. The van der Waals surface area contributed by atoms with Crippen molar-refractivity contribution in [2.45, 2.75) is 37.7 Å². The Kier molecular flexibility index (Phi) is 4.59. The lowest BCUT2D eigenvalue weighted by Crippen LogP contribution is -2.46. The van der Waals surface area contributed by atoms with Gasteiger partial charge < -0.3 is 14.7 Å². The topological polar surface area (TPSA) is 49.8 Å².